The first-order valence-corrected chi connectivity index (χ1v) is 6.59. The molecule has 1 aliphatic heterocycles. The molecule has 0 saturated heterocycles. The van der Waals surface area contributed by atoms with E-state index in [0.717, 1.165) is 12.1 Å². The number of alkyl halides is 3. The van der Waals surface area contributed by atoms with Crippen molar-refractivity contribution in [3.8, 4) is 11.8 Å². The van der Waals surface area contributed by atoms with Gasteiger partial charge in [0.25, 0.3) is 0 Å². The van der Waals surface area contributed by atoms with Gasteiger partial charge in [-0.1, -0.05) is 24.5 Å². The van der Waals surface area contributed by atoms with E-state index >= 15 is 0 Å². The van der Waals surface area contributed by atoms with E-state index in [1.54, 1.807) is 18.2 Å². The van der Waals surface area contributed by atoms with Crippen molar-refractivity contribution in [1.82, 2.24) is 0 Å². The van der Waals surface area contributed by atoms with Crippen LogP contribution < -0.4 is 0 Å². The summed E-state index contributed by atoms with van der Waals surface area (Å²) < 4.78 is 42.9. The van der Waals surface area contributed by atoms with Gasteiger partial charge in [-0.2, -0.15) is 13.2 Å². The average molecular weight is 314 g/mol. The van der Waals surface area contributed by atoms with E-state index in [9.17, 15) is 18.0 Å². The molecule has 3 rings (SSSR count). The summed E-state index contributed by atoms with van der Waals surface area (Å²) >= 11 is 0. The molecule has 1 aliphatic rings. The van der Waals surface area contributed by atoms with E-state index in [0.29, 0.717) is 16.7 Å². The summed E-state index contributed by atoms with van der Waals surface area (Å²) in [4.78, 5) is 11.5. The van der Waals surface area contributed by atoms with Crippen molar-refractivity contribution in [3.05, 3.63) is 76.9 Å². The predicted molar refractivity (Wildman–Crippen MR) is 78.3 cm³/mol. The quantitative estimate of drug-likeness (QED) is 0.537. The lowest BCUT2D eigenvalue weighted by atomic mass is 10.0. The highest BCUT2D eigenvalue weighted by molar-refractivity contribution is 6.02. The van der Waals surface area contributed by atoms with Gasteiger partial charge in [0, 0.05) is 16.7 Å². The number of hydrogen-bond donors (Lipinski definition) is 0. The lowest BCUT2D eigenvalue weighted by Gasteiger charge is -2.05. The average Bonchev–Trinajstić information content (AvgIpc) is 2.79. The third-order valence-electron chi connectivity index (χ3n) is 3.30. The molecule has 2 aromatic rings. The Morgan fingerprint density at radius 1 is 0.957 bits per heavy atom. The molecule has 0 aromatic heterocycles. The second-order valence-corrected chi connectivity index (χ2v) is 4.90. The molecule has 1 heterocycles. The van der Waals surface area contributed by atoms with Gasteiger partial charge in [-0.05, 0) is 36.4 Å². The van der Waals surface area contributed by atoms with Crippen molar-refractivity contribution in [2.24, 2.45) is 0 Å². The van der Waals surface area contributed by atoms with Crippen LogP contribution in [0.3, 0.4) is 0 Å². The molecule has 0 fully saturated rings. The predicted octanol–water partition coefficient (Wildman–Crippen LogP) is 4.25. The molecular weight excluding hydrogens is 305 g/mol. The van der Waals surface area contributed by atoms with E-state index in [2.05, 4.69) is 18.4 Å². The topological polar surface area (TPSA) is 26.3 Å². The highest BCUT2D eigenvalue weighted by atomic mass is 19.4. The fourth-order valence-electron chi connectivity index (χ4n) is 2.17. The smallest absolute Gasteiger partial charge is 0.416 e. The Labute approximate surface area is 130 Å². The third-order valence-corrected chi connectivity index (χ3v) is 3.30. The first kappa shape index (κ1) is 14.9. The standard InChI is InChI=1S/C18H9F3O2/c1-11-16-10-13(7-8-15(16)17(22)23-11)6-5-12-3-2-4-14(9-12)18(19,20)21/h2-4,7-10H,1H2. The van der Waals surface area contributed by atoms with E-state index in [1.165, 1.54) is 12.1 Å². The van der Waals surface area contributed by atoms with Crippen LogP contribution in [0.4, 0.5) is 13.2 Å². The first-order valence-electron chi connectivity index (χ1n) is 6.59. The molecule has 0 aliphatic carbocycles. The zero-order chi connectivity index (χ0) is 16.6. The molecule has 114 valence electrons. The molecule has 23 heavy (non-hydrogen) atoms. The monoisotopic (exact) mass is 314 g/mol. The summed E-state index contributed by atoms with van der Waals surface area (Å²) in [6, 6.07) is 9.60. The highest BCUT2D eigenvalue weighted by Crippen LogP contribution is 2.30. The van der Waals surface area contributed by atoms with Gasteiger partial charge in [0.1, 0.15) is 5.76 Å². The van der Waals surface area contributed by atoms with Gasteiger partial charge < -0.3 is 4.74 Å². The second-order valence-electron chi connectivity index (χ2n) is 4.90. The fraction of sp³-hybridized carbons (Fsp3) is 0.0556. The van der Waals surface area contributed by atoms with Crippen molar-refractivity contribution in [2.45, 2.75) is 6.18 Å². The molecule has 0 unspecified atom stereocenters. The number of ether oxygens (including phenoxy) is 1. The van der Waals surface area contributed by atoms with Crippen LogP contribution >= 0.6 is 0 Å². The molecule has 0 N–H and O–H groups in total. The second kappa shape index (κ2) is 5.33. The summed E-state index contributed by atoms with van der Waals surface area (Å²) in [5, 5.41) is 0. The van der Waals surface area contributed by atoms with E-state index in [4.69, 9.17) is 4.74 Å². The van der Waals surface area contributed by atoms with Crippen LogP contribution in [0.5, 0.6) is 0 Å². The number of cyclic esters (lactones) is 1. The van der Waals surface area contributed by atoms with Crippen LogP contribution in [0.15, 0.2) is 49.0 Å². The largest absolute Gasteiger partial charge is 0.423 e. The van der Waals surface area contributed by atoms with Crippen molar-refractivity contribution in [3.63, 3.8) is 0 Å². The number of carbonyl (C=O) groups is 1. The van der Waals surface area contributed by atoms with Crippen LogP contribution in [0.25, 0.3) is 5.76 Å². The van der Waals surface area contributed by atoms with Crippen molar-refractivity contribution < 1.29 is 22.7 Å². The van der Waals surface area contributed by atoms with Crippen LogP contribution in [-0.4, -0.2) is 5.97 Å². The van der Waals surface area contributed by atoms with Gasteiger partial charge in [-0.25, -0.2) is 4.79 Å². The van der Waals surface area contributed by atoms with Gasteiger partial charge in [-0.15, -0.1) is 0 Å². The summed E-state index contributed by atoms with van der Waals surface area (Å²) in [5.41, 5.74) is 1.02. The van der Waals surface area contributed by atoms with Gasteiger partial charge in [-0.3, -0.25) is 0 Å². The van der Waals surface area contributed by atoms with Crippen molar-refractivity contribution >= 4 is 11.7 Å². The van der Waals surface area contributed by atoms with E-state index < -0.39 is 17.7 Å². The molecule has 0 atom stereocenters. The van der Waals surface area contributed by atoms with Crippen LogP contribution in [0, 0.1) is 11.8 Å². The number of hydrogen-bond acceptors (Lipinski definition) is 2. The number of rotatable bonds is 0. The fourth-order valence-corrected chi connectivity index (χ4v) is 2.17. The summed E-state index contributed by atoms with van der Waals surface area (Å²) in [5.74, 6) is 5.24. The summed E-state index contributed by atoms with van der Waals surface area (Å²) in [6.45, 7) is 3.63. The maximum atomic E-state index is 12.7. The number of halogens is 3. The first-order chi connectivity index (χ1) is 10.8. The van der Waals surface area contributed by atoms with E-state index in [1.807, 2.05) is 0 Å². The molecule has 5 heteroatoms. The Morgan fingerprint density at radius 2 is 1.65 bits per heavy atom. The molecule has 2 nitrogen and oxygen atoms in total. The maximum Gasteiger partial charge on any atom is 0.416 e. The number of carbonyl (C=O) groups excluding carboxylic acids is 1. The van der Waals surface area contributed by atoms with Crippen molar-refractivity contribution in [2.75, 3.05) is 0 Å². The molecule has 0 spiro atoms. The molecular formula is C18H9F3O2. The Kier molecular flexibility index (Phi) is 3.45. The molecule has 0 amide bonds. The minimum Gasteiger partial charge on any atom is -0.423 e. The zero-order valence-corrected chi connectivity index (χ0v) is 11.7. The zero-order valence-electron chi connectivity index (χ0n) is 11.7. The van der Waals surface area contributed by atoms with Gasteiger partial charge in [0.15, 0.2) is 0 Å². The molecule has 0 radical (unpaired) electrons. The highest BCUT2D eigenvalue weighted by Gasteiger charge is 2.30. The third kappa shape index (κ3) is 2.97. The Morgan fingerprint density at radius 3 is 2.35 bits per heavy atom. The summed E-state index contributed by atoms with van der Waals surface area (Å²) in [6.07, 6.45) is -4.40. The number of fused-ring (bicyclic) bond motifs is 1. The lowest BCUT2D eigenvalue weighted by molar-refractivity contribution is -0.137. The van der Waals surface area contributed by atoms with Crippen LogP contribution in [0.1, 0.15) is 32.6 Å². The number of esters is 1. The molecule has 0 bridgehead atoms. The summed E-state index contributed by atoms with van der Waals surface area (Å²) in [7, 11) is 0. The maximum absolute atomic E-state index is 12.7. The minimum atomic E-state index is -4.40. The Balaban J connectivity index is 1.93. The van der Waals surface area contributed by atoms with Crippen LogP contribution in [-0.2, 0) is 10.9 Å². The van der Waals surface area contributed by atoms with E-state index in [-0.39, 0.29) is 11.3 Å². The molecule has 2 aromatic carbocycles. The van der Waals surface area contributed by atoms with Crippen molar-refractivity contribution in [1.29, 1.82) is 0 Å². The van der Waals surface area contributed by atoms with Gasteiger partial charge in [0.2, 0.25) is 0 Å². The van der Waals surface area contributed by atoms with Crippen LogP contribution in [0.2, 0.25) is 0 Å². The van der Waals surface area contributed by atoms with Gasteiger partial charge in [0.05, 0.1) is 11.1 Å². The lowest BCUT2D eigenvalue weighted by Crippen LogP contribution is -2.04. The Hall–Kier alpha value is -3.00. The normalized spacial score (nSPS) is 13.2. The van der Waals surface area contributed by atoms with Gasteiger partial charge >= 0.3 is 12.1 Å². The SMILES string of the molecule is C=C1OC(=O)c2ccc(C#Cc3cccc(C(F)(F)F)c3)cc21. The Bertz CT molecular complexity index is 883. The molecule has 0 saturated carbocycles. The number of benzene rings is 2. The minimum absolute atomic E-state index is 0.243.